The van der Waals surface area contributed by atoms with Crippen LogP contribution in [0.4, 0.5) is 0 Å². The summed E-state index contributed by atoms with van der Waals surface area (Å²) in [6.07, 6.45) is 5.32. The van der Waals surface area contributed by atoms with Gasteiger partial charge in [-0.3, -0.25) is 4.79 Å². The second-order valence-electron chi connectivity index (χ2n) is 7.14. The van der Waals surface area contributed by atoms with Gasteiger partial charge in [-0.05, 0) is 29.8 Å². The second-order valence-corrected chi connectivity index (χ2v) is 7.55. The van der Waals surface area contributed by atoms with Crippen LogP contribution in [0.5, 0.6) is 23.0 Å². The van der Waals surface area contributed by atoms with Gasteiger partial charge in [-0.15, -0.1) is 0 Å². The highest BCUT2D eigenvalue weighted by molar-refractivity contribution is 6.32. The molecule has 166 valence electrons. The number of hydrogen-bond donors (Lipinski definition) is 1. The molecular weight excluding hydrogens is 434 g/mol. The third kappa shape index (κ3) is 4.27. The Kier molecular flexibility index (Phi) is 6.32. The third-order valence-electron chi connectivity index (χ3n) is 5.16. The van der Waals surface area contributed by atoms with E-state index in [1.54, 1.807) is 24.5 Å². The molecule has 0 saturated carbocycles. The smallest absolute Gasteiger partial charge is 0.251 e. The number of carbonyl (C=O) groups is 1. The van der Waals surface area contributed by atoms with Crippen LogP contribution in [0.1, 0.15) is 15.9 Å². The van der Waals surface area contributed by atoms with E-state index in [2.05, 4.69) is 15.3 Å². The van der Waals surface area contributed by atoms with Crippen molar-refractivity contribution in [3.05, 3.63) is 59.1 Å². The molecule has 1 aromatic heterocycles. The second kappa shape index (κ2) is 9.32. The average molecular weight is 456 g/mol. The van der Waals surface area contributed by atoms with E-state index in [9.17, 15) is 4.79 Å². The van der Waals surface area contributed by atoms with Gasteiger partial charge in [0.2, 0.25) is 5.75 Å². The van der Waals surface area contributed by atoms with Crippen molar-refractivity contribution in [1.29, 1.82) is 0 Å². The minimum Gasteiger partial charge on any atom is -0.493 e. The number of amides is 1. The lowest BCUT2D eigenvalue weighted by molar-refractivity contribution is 0.0932. The van der Waals surface area contributed by atoms with Crippen LogP contribution in [-0.4, -0.2) is 49.9 Å². The van der Waals surface area contributed by atoms with Crippen LogP contribution in [0.25, 0.3) is 11.1 Å². The van der Waals surface area contributed by atoms with Gasteiger partial charge >= 0.3 is 0 Å². The Balaban J connectivity index is 1.46. The molecule has 1 amide bonds. The summed E-state index contributed by atoms with van der Waals surface area (Å²) in [6, 6.07) is 7.05. The quantitative estimate of drug-likeness (QED) is 0.582. The minimum absolute atomic E-state index is 0.240. The summed E-state index contributed by atoms with van der Waals surface area (Å²) in [6.45, 7) is 0.310. The number of hydrogen-bond acceptors (Lipinski definition) is 7. The summed E-state index contributed by atoms with van der Waals surface area (Å²) >= 11 is 6.45. The molecule has 0 radical (unpaired) electrons. The average Bonchev–Trinajstić information content (AvgIpc) is 3.25. The fourth-order valence-electron chi connectivity index (χ4n) is 3.64. The number of fused-ring (bicyclic) bond motifs is 1. The van der Waals surface area contributed by atoms with E-state index < -0.39 is 0 Å². The van der Waals surface area contributed by atoms with Crippen molar-refractivity contribution in [2.75, 3.05) is 27.9 Å². The predicted molar refractivity (Wildman–Crippen MR) is 119 cm³/mol. The van der Waals surface area contributed by atoms with Crippen molar-refractivity contribution in [2.24, 2.45) is 0 Å². The van der Waals surface area contributed by atoms with Gasteiger partial charge in [0.15, 0.2) is 11.5 Å². The lowest BCUT2D eigenvalue weighted by Crippen LogP contribution is -2.34. The first-order chi connectivity index (χ1) is 15.5. The molecule has 8 nitrogen and oxygen atoms in total. The van der Waals surface area contributed by atoms with E-state index in [1.807, 2.05) is 12.1 Å². The molecule has 0 unspecified atom stereocenters. The van der Waals surface area contributed by atoms with Crippen molar-refractivity contribution in [3.8, 4) is 34.1 Å². The van der Waals surface area contributed by atoms with Gasteiger partial charge in [0.25, 0.3) is 5.91 Å². The largest absolute Gasteiger partial charge is 0.493 e. The number of methoxy groups -OCH3 is 3. The molecular formula is C23H22ClN3O5. The van der Waals surface area contributed by atoms with Gasteiger partial charge in [-0.25, -0.2) is 9.97 Å². The highest BCUT2D eigenvalue weighted by Gasteiger charge is 2.27. The van der Waals surface area contributed by atoms with E-state index in [4.69, 9.17) is 30.5 Å². The Morgan fingerprint density at radius 3 is 2.38 bits per heavy atom. The Hall–Kier alpha value is -3.52. The third-order valence-corrected chi connectivity index (χ3v) is 5.44. The SMILES string of the molecule is COc1cc(C(=O)NC[C@@H]2Cc3cc(-c4cncnc4)cc(Cl)c3O2)cc(OC)c1OC. The number of rotatable bonds is 7. The molecule has 9 heteroatoms. The van der Waals surface area contributed by atoms with E-state index in [0.717, 1.165) is 16.7 Å². The molecule has 4 rings (SSSR count). The first kappa shape index (κ1) is 21.7. The van der Waals surface area contributed by atoms with Crippen molar-refractivity contribution >= 4 is 17.5 Å². The predicted octanol–water partition coefficient (Wildman–Crippen LogP) is 3.56. The zero-order valence-electron chi connectivity index (χ0n) is 17.8. The molecule has 32 heavy (non-hydrogen) atoms. The molecule has 2 heterocycles. The maximum absolute atomic E-state index is 12.8. The number of ether oxygens (including phenoxy) is 4. The highest BCUT2D eigenvalue weighted by Crippen LogP contribution is 2.40. The van der Waals surface area contributed by atoms with Crippen molar-refractivity contribution in [3.63, 3.8) is 0 Å². The first-order valence-electron chi connectivity index (χ1n) is 9.86. The van der Waals surface area contributed by atoms with Crippen LogP contribution in [0.2, 0.25) is 5.02 Å². The van der Waals surface area contributed by atoms with Crippen molar-refractivity contribution in [2.45, 2.75) is 12.5 Å². The zero-order chi connectivity index (χ0) is 22.7. The molecule has 0 aliphatic carbocycles. The van der Waals surface area contributed by atoms with Crippen LogP contribution in [-0.2, 0) is 6.42 Å². The minimum atomic E-state index is -0.281. The molecule has 1 aliphatic heterocycles. The van der Waals surface area contributed by atoms with E-state index in [1.165, 1.54) is 27.7 Å². The van der Waals surface area contributed by atoms with Gasteiger partial charge in [0, 0.05) is 35.5 Å². The summed E-state index contributed by atoms with van der Waals surface area (Å²) < 4.78 is 21.9. The van der Waals surface area contributed by atoms with Crippen LogP contribution in [0, 0.1) is 0 Å². The zero-order valence-corrected chi connectivity index (χ0v) is 18.6. The van der Waals surface area contributed by atoms with E-state index >= 15 is 0 Å². The topological polar surface area (TPSA) is 91.8 Å². The Morgan fingerprint density at radius 1 is 1.06 bits per heavy atom. The van der Waals surface area contributed by atoms with Crippen LogP contribution in [0.3, 0.4) is 0 Å². The van der Waals surface area contributed by atoms with Crippen molar-refractivity contribution < 1.29 is 23.7 Å². The van der Waals surface area contributed by atoms with E-state index in [-0.39, 0.29) is 12.0 Å². The number of benzene rings is 2. The molecule has 1 aliphatic rings. The number of nitrogens with zero attached hydrogens (tertiary/aromatic N) is 2. The first-order valence-corrected chi connectivity index (χ1v) is 10.2. The fourth-order valence-corrected chi connectivity index (χ4v) is 3.92. The Bertz CT molecular complexity index is 1110. The highest BCUT2D eigenvalue weighted by atomic mass is 35.5. The lowest BCUT2D eigenvalue weighted by atomic mass is 10.0. The molecule has 3 aromatic rings. The maximum atomic E-state index is 12.8. The molecule has 0 fully saturated rings. The standard InChI is InChI=1S/C23H22ClN3O5/c1-29-19-7-15(8-20(30-2)22(19)31-3)23(28)27-11-17-5-14-4-13(6-18(24)21(14)32-17)16-9-25-12-26-10-16/h4,6-10,12,17H,5,11H2,1-3H3,(H,27,28)/t17-/m0/s1. The molecule has 0 saturated heterocycles. The fraction of sp³-hybridized carbons (Fsp3) is 0.261. The summed E-state index contributed by atoms with van der Waals surface area (Å²) in [4.78, 5) is 20.9. The summed E-state index contributed by atoms with van der Waals surface area (Å²) in [7, 11) is 4.51. The molecule has 1 N–H and O–H groups in total. The summed E-state index contributed by atoms with van der Waals surface area (Å²) in [5.74, 6) is 1.60. The summed E-state index contributed by atoms with van der Waals surface area (Å²) in [5, 5.41) is 3.42. The van der Waals surface area contributed by atoms with Gasteiger partial charge in [0.05, 0.1) is 32.9 Å². The van der Waals surface area contributed by atoms with Gasteiger partial charge in [-0.1, -0.05) is 11.6 Å². The Morgan fingerprint density at radius 2 is 1.75 bits per heavy atom. The van der Waals surface area contributed by atoms with Crippen LogP contribution in [0.15, 0.2) is 43.0 Å². The monoisotopic (exact) mass is 455 g/mol. The molecule has 1 atom stereocenters. The number of aromatic nitrogens is 2. The molecule has 2 aromatic carbocycles. The van der Waals surface area contributed by atoms with Gasteiger partial charge in [-0.2, -0.15) is 0 Å². The number of carbonyl (C=O) groups excluding carboxylic acids is 1. The van der Waals surface area contributed by atoms with Crippen LogP contribution >= 0.6 is 11.6 Å². The lowest BCUT2D eigenvalue weighted by Gasteiger charge is -2.15. The number of nitrogens with one attached hydrogen (secondary N) is 1. The normalized spacial score (nSPS) is 14.3. The molecule has 0 bridgehead atoms. The van der Waals surface area contributed by atoms with Gasteiger partial charge in [0.1, 0.15) is 18.2 Å². The molecule has 0 spiro atoms. The van der Waals surface area contributed by atoms with E-state index in [0.29, 0.717) is 46.5 Å². The van der Waals surface area contributed by atoms with Gasteiger partial charge < -0.3 is 24.3 Å². The Labute approximate surface area is 190 Å². The van der Waals surface area contributed by atoms with Crippen molar-refractivity contribution in [1.82, 2.24) is 15.3 Å². The number of halogens is 1. The maximum Gasteiger partial charge on any atom is 0.251 e. The summed E-state index contributed by atoms with van der Waals surface area (Å²) in [5.41, 5.74) is 3.15. The van der Waals surface area contributed by atoms with Crippen LogP contribution < -0.4 is 24.3 Å².